The summed E-state index contributed by atoms with van der Waals surface area (Å²) >= 11 is 5.98. The number of para-hydroxylation sites is 1. The van der Waals surface area contributed by atoms with Crippen LogP contribution in [0.2, 0.25) is 5.02 Å². The van der Waals surface area contributed by atoms with E-state index < -0.39 is 5.41 Å². The molecule has 34 heavy (non-hydrogen) atoms. The summed E-state index contributed by atoms with van der Waals surface area (Å²) in [6.07, 6.45) is 5.22. The molecule has 0 N–H and O–H groups in total. The van der Waals surface area contributed by atoms with E-state index in [9.17, 15) is 9.59 Å². The summed E-state index contributed by atoms with van der Waals surface area (Å²) in [5, 5.41) is 0.619. The minimum Gasteiger partial charge on any atom is -0.491 e. The number of nitrogens with zero attached hydrogens (tertiary/aromatic N) is 2. The fraction of sp³-hybridized carbons (Fsp3) is 0.500. The third-order valence-corrected chi connectivity index (χ3v) is 7.60. The standard InChI is InChI=1S/C28H35ClN2O3/c1-21(2)31-19-20-34-25-9-4-3-7-22(25)8-5-6-14-28(27(31)33)15-17-30(18-16-28)26(32)23-10-12-24(29)13-11-23/h3-4,7,9-13,21H,5-6,8,14-20H2,1-2H3. The van der Waals surface area contributed by atoms with Gasteiger partial charge in [0, 0.05) is 29.7 Å². The van der Waals surface area contributed by atoms with Crippen LogP contribution >= 0.6 is 11.6 Å². The number of likely N-dealkylation sites (tertiary alicyclic amines) is 1. The Balaban J connectivity index is 1.51. The molecular weight excluding hydrogens is 448 g/mol. The highest BCUT2D eigenvalue weighted by Gasteiger charge is 2.44. The average Bonchev–Trinajstić information content (AvgIpc) is 2.84. The number of ether oxygens (including phenoxy) is 1. The second-order valence-electron chi connectivity index (χ2n) is 9.84. The van der Waals surface area contributed by atoms with Gasteiger partial charge in [0.25, 0.3) is 5.91 Å². The predicted octanol–water partition coefficient (Wildman–Crippen LogP) is 5.60. The van der Waals surface area contributed by atoms with Crippen LogP contribution in [0, 0.1) is 5.41 Å². The maximum Gasteiger partial charge on any atom is 0.253 e. The largest absolute Gasteiger partial charge is 0.491 e. The number of fused-ring (bicyclic) bond motifs is 1. The van der Waals surface area contributed by atoms with E-state index in [-0.39, 0.29) is 17.9 Å². The highest BCUT2D eigenvalue weighted by Crippen LogP contribution is 2.40. The Morgan fingerprint density at radius 1 is 0.971 bits per heavy atom. The Morgan fingerprint density at radius 3 is 2.38 bits per heavy atom. The van der Waals surface area contributed by atoms with Crippen LogP contribution in [0.5, 0.6) is 5.75 Å². The van der Waals surface area contributed by atoms with Crippen LogP contribution in [0.25, 0.3) is 0 Å². The Kier molecular flexibility index (Phi) is 7.82. The van der Waals surface area contributed by atoms with Crippen LogP contribution in [0.4, 0.5) is 0 Å². The van der Waals surface area contributed by atoms with Gasteiger partial charge in [0.1, 0.15) is 12.4 Å². The molecule has 1 fully saturated rings. The first kappa shape index (κ1) is 24.6. The van der Waals surface area contributed by atoms with Crippen molar-refractivity contribution < 1.29 is 14.3 Å². The molecule has 0 aliphatic carbocycles. The summed E-state index contributed by atoms with van der Waals surface area (Å²) in [4.78, 5) is 30.9. The Morgan fingerprint density at radius 2 is 1.68 bits per heavy atom. The maximum absolute atomic E-state index is 14.0. The van der Waals surface area contributed by atoms with Crippen molar-refractivity contribution in [1.29, 1.82) is 0 Å². The normalized spacial score (nSPS) is 19.2. The summed E-state index contributed by atoms with van der Waals surface area (Å²) in [6.45, 7) is 6.39. The van der Waals surface area contributed by atoms with Crippen LogP contribution < -0.4 is 4.74 Å². The van der Waals surface area contributed by atoms with Crippen LogP contribution in [0.15, 0.2) is 48.5 Å². The first-order chi connectivity index (χ1) is 16.4. The monoisotopic (exact) mass is 482 g/mol. The number of carbonyl (C=O) groups is 2. The van der Waals surface area contributed by atoms with E-state index in [4.69, 9.17) is 16.3 Å². The van der Waals surface area contributed by atoms with Gasteiger partial charge in [-0.05, 0) is 81.8 Å². The van der Waals surface area contributed by atoms with Gasteiger partial charge in [0.2, 0.25) is 5.91 Å². The van der Waals surface area contributed by atoms with E-state index in [2.05, 4.69) is 26.0 Å². The Labute approximate surface area is 208 Å². The van der Waals surface area contributed by atoms with Crippen molar-refractivity contribution in [1.82, 2.24) is 9.80 Å². The fourth-order valence-electron chi connectivity index (χ4n) is 5.27. The van der Waals surface area contributed by atoms with Gasteiger partial charge in [-0.25, -0.2) is 0 Å². The fourth-order valence-corrected chi connectivity index (χ4v) is 5.39. The van der Waals surface area contributed by atoms with Gasteiger partial charge in [0.05, 0.1) is 12.0 Å². The molecule has 2 heterocycles. The van der Waals surface area contributed by atoms with E-state index in [0.29, 0.717) is 49.7 Å². The van der Waals surface area contributed by atoms with Gasteiger partial charge in [-0.1, -0.05) is 36.2 Å². The van der Waals surface area contributed by atoms with Gasteiger partial charge in [0.15, 0.2) is 0 Å². The van der Waals surface area contributed by atoms with Crippen LogP contribution in [-0.2, 0) is 11.2 Å². The molecule has 1 spiro atoms. The first-order valence-corrected chi connectivity index (χ1v) is 12.8. The molecule has 0 unspecified atom stereocenters. The minimum absolute atomic E-state index is 0.0119. The smallest absolute Gasteiger partial charge is 0.253 e. The van der Waals surface area contributed by atoms with Crippen molar-refractivity contribution in [2.24, 2.45) is 5.41 Å². The molecule has 182 valence electrons. The molecule has 2 amide bonds. The third kappa shape index (κ3) is 5.41. The number of halogens is 1. The van der Waals surface area contributed by atoms with Crippen LogP contribution in [0.3, 0.4) is 0 Å². The van der Waals surface area contributed by atoms with E-state index in [1.54, 1.807) is 24.3 Å². The zero-order chi connectivity index (χ0) is 24.1. The summed E-state index contributed by atoms with van der Waals surface area (Å²) in [6, 6.07) is 15.4. The van der Waals surface area contributed by atoms with Gasteiger partial charge >= 0.3 is 0 Å². The number of aryl methyl sites for hydroxylation is 1. The number of piperidine rings is 1. The number of hydrogen-bond donors (Lipinski definition) is 0. The summed E-state index contributed by atoms with van der Waals surface area (Å²) in [5.74, 6) is 1.17. The van der Waals surface area contributed by atoms with Crippen molar-refractivity contribution in [3.8, 4) is 5.75 Å². The lowest BCUT2D eigenvalue weighted by molar-refractivity contribution is -0.148. The van der Waals surface area contributed by atoms with Gasteiger partial charge in [-0.3, -0.25) is 9.59 Å². The lowest BCUT2D eigenvalue weighted by Gasteiger charge is -2.44. The molecule has 0 bridgehead atoms. The molecule has 2 aromatic rings. The number of hydrogen-bond acceptors (Lipinski definition) is 3. The second-order valence-corrected chi connectivity index (χ2v) is 10.3. The molecule has 5 nitrogen and oxygen atoms in total. The highest BCUT2D eigenvalue weighted by atomic mass is 35.5. The molecule has 0 radical (unpaired) electrons. The Hall–Kier alpha value is -2.53. The first-order valence-electron chi connectivity index (χ1n) is 12.5. The third-order valence-electron chi connectivity index (χ3n) is 7.35. The van der Waals surface area contributed by atoms with Crippen molar-refractivity contribution in [3.05, 3.63) is 64.7 Å². The topological polar surface area (TPSA) is 49.9 Å². The van der Waals surface area contributed by atoms with Crippen molar-refractivity contribution in [3.63, 3.8) is 0 Å². The van der Waals surface area contributed by atoms with Gasteiger partial charge in [-0.2, -0.15) is 0 Å². The zero-order valence-corrected chi connectivity index (χ0v) is 21.0. The molecule has 6 heteroatoms. The molecular formula is C28H35ClN2O3. The lowest BCUT2D eigenvalue weighted by Crippen LogP contribution is -2.53. The summed E-state index contributed by atoms with van der Waals surface area (Å²) in [5.41, 5.74) is 1.47. The number of rotatable bonds is 2. The van der Waals surface area contributed by atoms with E-state index in [1.807, 2.05) is 21.9 Å². The SMILES string of the molecule is CC(C)N1CCOc2ccccc2CCCCC2(CCN(C(=O)c3ccc(Cl)cc3)CC2)C1=O. The van der Waals surface area contributed by atoms with Crippen molar-refractivity contribution >= 4 is 23.4 Å². The molecule has 0 atom stereocenters. The summed E-state index contributed by atoms with van der Waals surface area (Å²) in [7, 11) is 0. The lowest BCUT2D eigenvalue weighted by atomic mass is 9.72. The van der Waals surface area contributed by atoms with E-state index in [0.717, 1.165) is 31.4 Å². The van der Waals surface area contributed by atoms with Crippen molar-refractivity contribution in [2.75, 3.05) is 26.2 Å². The maximum atomic E-state index is 14.0. The van der Waals surface area contributed by atoms with E-state index in [1.165, 1.54) is 5.56 Å². The average molecular weight is 483 g/mol. The van der Waals surface area contributed by atoms with Crippen molar-refractivity contribution in [2.45, 2.75) is 58.4 Å². The molecule has 4 rings (SSSR count). The molecule has 2 aliphatic heterocycles. The molecule has 0 aromatic heterocycles. The van der Waals surface area contributed by atoms with Gasteiger partial charge < -0.3 is 14.5 Å². The molecule has 2 aliphatic rings. The predicted molar refractivity (Wildman–Crippen MR) is 135 cm³/mol. The molecule has 2 aromatic carbocycles. The van der Waals surface area contributed by atoms with Crippen LogP contribution in [0.1, 0.15) is 61.9 Å². The number of carbonyl (C=O) groups excluding carboxylic acids is 2. The summed E-state index contributed by atoms with van der Waals surface area (Å²) < 4.78 is 6.11. The zero-order valence-electron chi connectivity index (χ0n) is 20.3. The number of amides is 2. The molecule has 0 saturated carbocycles. The minimum atomic E-state index is -0.417. The van der Waals surface area contributed by atoms with E-state index >= 15 is 0 Å². The Bertz CT molecular complexity index is 997. The second kappa shape index (κ2) is 10.8. The quantitative estimate of drug-likeness (QED) is 0.559. The molecule has 1 saturated heterocycles. The van der Waals surface area contributed by atoms with Crippen LogP contribution in [-0.4, -0.2) is 53.9 Å². The highest BCUT2D eigenvalue weighted by molar-refractivity contribution is 6.30. The number of benzene rings is 2. The van der Waals surface area contributed by atoms with Gasteiger partial charge in [-0.15, -0.1) is 0 Å².